The van der Waals surface area contributed by atoms with Crippen molar-refractivity contribution in [3.63, 3.8) is 0 Å². The largest absolute Gasteiger partial charge is 0.340 e. The van der Waals surface area contributed by atoms with Gasteiger partial charge in [0.15, 0.2) is 0 Å². The number of nitrogens with zero attached hydrogens (tertiary/aromatic N) is 2. The maximum atomic E-state index is 2.54. The second kappa shape index (κ2) is 5.19. The first-order chi connectivity index (χ1) is 10.3. The molecule has 1 atom stereocenters. The molecule has 21 heavy (non-hydrogen) atoms. The van der Waals surface area contributed by atoms with E-state index in [1.807, 2.05) is 0 Å². The molecule has 2 aromatic carbocycles. The fourth-order valence-corrected chi connectivity index (χ4v) is 3.88. The van der Waals surface area contributed by atoms with Crippen molar-refractivity contribution < 1.29 is 0 Å². The number of likely N-dealkylation sites (tertiary alicyclic amines) is 1. The number of piperidine rings is 1. The molecule has 0 amide bonds. The standard InChI is InChI=1S/C19H22N2/c1-20-12-6-7-15(13-20)14-21-18-10-4-2-8-16(18)17-9-3-5-11-19(17)21/h2-5,8-11,15H,6-7,12-14H2,1H3. The van der Waals surface area contributed by atoms with Crippen LogP contribution in [0, 0.1) is 5.92 Å². The number of para-hydroxylation sites is 2. The molecule has 2 heterocycles. The number of hydrogen-bond donors (Lipinski definition) is 0. The number of fused-ring (bicyclic) bond motifs is 3. The van der Waals surface area contributed by atoms with E-state index in [-0.39, 0.29) is 0 Å². The zero-order chi connectivity index (χ0) is 14.2. The second-order valence-electron chi connectivity index (χ2n) is 6.42. The molecule has 1 aliphatic rings. The van der Waals surface area contributed by atoms with E-state index in [1.165, 1.54) is 47.7 Å². The average molecular weight is 278 g/mol. The number of aromatic nitrogens is 1. The highest BCUT2D eigenvalue weighted by molar-refractivity contribution is 6.07. The van der Waals surface area contributed by atoms with Crippen LogP contribution in [0.5, 0.6) is 0 Å². The van der Waals surface area contributed by atoms with Crippen LogP contribution in [0.1, 0.15) is 12.8 Å². The lowest BCUT2D eigenvalue weighted by Gasteiger charge is -2.30. The zero-order valence-electron chi connectivity index (χ0n) is 12.6. The van der Waals surface area contributed by atoms with Gasteiger partial charge in [0, 0.05) is 34.9 Å². The van der Waals surface area contributed by atoms with Gasteiger partial charge in [-0.15, -0.1) is 0 Å². The van der Waals surface area contributed by atoms with Gasteiger partial charge >= 0.3 is 0 Å². The van der Waals surface area contributed by atoms with Crippen LogP contribution < -0.4 is 0 Å². The third kappa shape index (κ3) is 2.24. The fraction of sp³-hybridized carbons (Fsp3) is 0.368. The van der Waals surface area contributed by atoms with Crippen LogP contribution in [0.4, 0.5) is 0 Å². The van der Waals surface area contributed by atoms with Crippen molar-refractivity contribution in [3.8, 4) is 0 Å². The Balaban J connectivity index is 1.82. The lowest BCUT2D eigenvalue weighted by Crippen LogP contribution is -2.34. The molecule has 1 fully saturated rings. The monoisotopic (exact) mass is 278 g/mol. The van der Waals surface area contributed by atoms with Gasteiger partial charge in [-0.3, -0.25) is 0 Å². The van der Waals surface area contributed by atoms with Gasteiger partial charge in [0.25, 0.3) is 0 Å². The summed E-state index contributed by atoms with van der Waals surface area (Å²) in [6, 6.07) is 17.6. The van der Waals surface area contributed by atoms with Crippen molar-refractivity contribution in [1.82, 2.24) is 9.47 Å². The average Bonchev–Trinajstić information content (AvgIpc) is 2.83. The molecule has 0 aliphatic carbocycles. The molecule has 1 aromatic heterocycles. The van der Waals surface area contributed by atoms with E-state index < -0.39 is 0 Å². The SMILES string of the molecule is CN1CCCC(Cn2c3ccccc3c3ccccc32)C1. The summed E-state index contributed by atoms with van der Waals surface area (Å²) in [5.41, 5.74) is 2.76. The Bertz CT molecular complexity index is 718. The molecular formula is C19H22N2. The zero-order valence-corrected chi connectivity index (χ0v) is 12.6. The molecule has 0 radical (unpaired) electrons. The first-order valence-electron chi connectivity index (χ1n) is 7.97. The maximum Gasteiger partial charge on any atom is 0.0491 e. The second-order valence-corrected chi connectivity index (χ2v) is 6.42. The fourth-order valence-electron chi connectivity index (χ4n) is 3.88. The van der Waals surface area contributed by atoms with E-state index in [4.69, 9.17) is 0 Å². The van der Waals surface area contributed by atoms with Crippen LogP contribution in [0.3, 0.4) is 0 Å². The van der Waals surface area contributed by atoms with E-state index in [2.05, 4.69) is 65.0 Å². The van der Waals surface area contributed by atoms with Crippen molar-refractivity contribution in [3.05, 3.63) is 48.5 Å². The maximum absolute atomic E-state index is 2.54. The highest BCUT2D eigenvalue weighted by Crippen LogP contribution is 2.30. The molecule has 4 rings (SSSR count). The molecule has 0 spiro atoms. The van der Waals surface area contributed by atoms with Crippen LogP contribution >= 0.6 is 0 Å². The van der Waals surface area contributed by atoms with Gasteiger partial charge in [0.05, 0.1) is 0 Å². The molecule has 1 aliphatic heterocycles. The van der Waals surface area contributed by atoms with Crippen molar-refractivity contribution in [2.24, 2.45) is 5.92 Å². The Kier molecular flexibility index (Phi) is 3.19. The molecule has 0 N–H and O–H groups in total. The summed E-state index contributed by atoms with van der Waals surface area (Å²) in [6.45, 7) is 3.61. The summed E-state index contributed by atoms with van der Waals surface area (Å²) in [5, 5.41) is 2.77. The third-order valence-corrected chi connectivity index (χ3v) is 4.84. The minimum atomic E-state index is 0.767. The minimum Gasteiger partial charge on any atom is -0.340 e. The van der Waals surface area contributed by atoms with Gasteiger partial charge in [-0.05, 0) is 44.5 Å². The van der Waals surface area contributed by atoms with Crippen molar-refractivity contribution in [2.75, 3.05) is 20.1 Å². The molecular weight excluding hydrogens is 256 g/mol. The van der Waals surface area contributed by atoms with Gasteiger partial charge in [-0.2, -0.15) is 0 Å². The molecule has 0 bridgehead atoms. The van der Waals surface area contributed by atoms with Gasteiger partial charge < -0.3 is 9.47 Å². The van der Waals surface area contributed by atoms with E-state index in [0.29, 0.717) is 0 Å². The minimum absolute atomic E-state index is 0.767. The normalized spacial score (nSPS) is 20.3. The Labute approximate surface area is 126 Å². The molecule has 3 aromatic rings. The Morgan fingerprint density at radius 1 is 0.952 bits per heavy atom. The van der Waals surface area contributed by atoms with Gasteiger partial charge in [0.2, 0.25) is 0 Å². The van der Waals surface area contributed by atoms with Crippen molar-refractivity contribution >= 4 is 21.8 Å². The molecule has 108 valence electrons. The predicted molar refractivity (Wildman–Crippen MR) is 89.7 cm³/mol. The van der Waals surface area contributed by atoms with Gasteiger partial charge in [-0.25, -0.2) is 0 Å². The summed E-state index contributed by atoms with van der Waals surface area (Å²) in [5.74, 6) is 0.767. The van der Waals surface area contributed by atoms with Gasteiger partial charge in [-0.1, -0.05) is 36.4 Å². The number of benzene rings is 2. The molecule has 2 nitrogen and oxygen atoms in total. The lowest BCUT2D eigenvalue weighted by atomic mass is 9.98. The van der Waals surface area contributed by atoms with E-state index in [1.54, 1.807) is 0 Å². The molecule has 0 saturated carbocycles. The molecule has 1 unspecified atom stereocenters. The highest BCUT2D eigenvalue weighted by atomic mass is 15.1. The van der Waals surface area contributed by atoms with Gasteiger partial charge in [0.1, 0.15) is 0 Å². The number of rotatable bonds is 2. The first kappa shape index (κ1) is 12.9. The summed E-state index contributed by atoms with van der Waals surface area (Å²) < 4.78 is 2.54. The third-order valence-electron chi connectivity index (χ3n) is 4.84. The van der Waals surface area contributed by atoms with E-state index in [0.717, 1.165) is 12.5 Å². The first-order valence-corrected chi connectivity index (χ1v) is 7.97. The van der Waals surface area contributed by atoms with Crippen LogP contribution in [0.25, 0.3) is 21.8 Å². The number of hydrogen-bond acceptors (Lipinski definition) is 1. The highest BCUT2D eigenvalue weighted by Gasteiger charge is 2.19. The Hall–Kier alpha value is -1.80. The van der Waals surface area contributed by atoms with Crippen LogP contribution in [0.2, 0.25) is 0 Å². The van der Waals surface area contributed by atoms with Crippen LogP contribution in [-0.4, -0.2) is 29.6 Å². The topological polar surface area (TPSA) is 8.17 Å². The van der Waals surface area contributed by atoms with E-state index in [9.17, 15) is 0 Å². The van der Waals surface area contributed by atoms with Crippen molar-refractivity contribution in [1.29, 1.82) is 0 Å². The quantitative estimate of drug-likeness (QED) is 0.684. The summed E-state index contributed by atoms with van der Waals surface area (Å²) in [6.07, 6.45) is 2.68. The van der Waals surface area contributed by atoms with E-state index >= 15 is 0 Å². The molecule has 2 heteroatoms. The lowest BCUT2D eigenvalue weighted by molar-refractivity contribution is 0.197. The van der Waals surface area contributed by atoms with Crippen molar-refractivity contribution in [2.45, 2.75) is 19.4 Å². The molecule has 1 saturated heterocycles. The van der Waals surface area contributed by atoms with Crippen LogP contribution in [-0.2, 0) is 6.54 Å². The summed E-state index contributed by atoms with van der Waals surface area (Å²) >= 11 is 0. The summed E-state index contributed by atoms with van der Waals surface area (Å²) in [4.78, 5) is 2.47. The summed E-state index contributed by atoms with van der Waals surface area (Å²) in [7, 11) is 2.25. The Morgan fingerprint density at radius 2 is 1.57 bits per heavy atom. The van der Waals surface area contributed by atoms with Crippen LogP contribution in [0.15, 0.2) is 48.5 Å². The predicted octanol–water partition coefficient (Wildman–Crippen LogP) is 4.14. The smallest absolute Gasteiger partial charge is 0.0491 e. The Morgan fingerprint density at radius 3 is 2.19 bits per heavy atom.